The van der Waals surface area contributed by atoms with Gasteiger partial charge in [-0.25, -0.2) is 4.90 Å². The van der Waals surface area contributed by atoms with Gasteiger partial charge < -0.3 is 19.2 Å². The van der Waals surface area contributed by atoms with Crippen LogP contribution in [-0.4, -0.2) is 17.6 Å². The van der Waals surface area contributed by atoms with Crippen molar-refractivity contribution in [3.8, 4) is 11.5 Å². The Balaban J connectivity index is 1.49. The summed E-state index contributed by atoms with van der Waals surface area (Å²) in [5.41, 5.74) is 0.869. The summed E-state index contributed by atoms with van der Waals surface area (Å²) < 4.78 is 17.1. The van der Waals surface area contributed by atoms with Crippen molar-refractivity contribution >= 4 is 58.2 Å². The first kappa shape index (κ1) is 22.2. The van der Waals surface area contributed by atoms with Gasteiger partial charge in [-0.15, -0.1) is 0 Å². The predicted molar refractivity (Wildman–Crippen MR) is 128 cm³/mol. The normalized spacial score (nSPS) is 14.7. The minimum atomic E-state index is -0.304. The van der Waals surface area contributed by atoms with Crippen molar-refractivity contribution in [2.24, 2.45) is 0 Å². The molecule has 4 rings (SSSR count). The van der Waals surface area contributed by atoms with Gasteiger partial charge in [-0.05, 0) is 55.5 Å². The molecule has 2 heterocycles. The van der Waals surface area contributed by atoms with Gasteiger partial charge in [0.05, 0.1) is 17.3 Å². The Labute approximate surface area is 200 Å². The average Bonchev–Trinajstić information content (AvgIpc) is 3.33. The average molecular weight is 489 g/mol. The van der Waals surface area contributed by atoms with E-state index >= 15 is 0 Å². The second-order valence-corrected chi connectivity index (χ2v) is 7.93. The van der Waals surface area contributed by atoms with Gasteiger partial charge in [-0.1, -0.05) is 35.3 Å². The fourth-order valence-electron chi connectivity index (χ4n) is 3.10. The summed E-state index contributed by atoms with van der Waals surface area (Å²) in [6.45, 7) is 2.50. The van der Waals surface area contributed by atoms with Crippen LogP contribution in [0.1, 0.15) is 18.4 Å². The van der Waals surface area contributed by atoms with Crippen molar-refractivity contribution in [3.05, 3.63) is 81.9 Å². The van der Waals surface area contributed by atoms with Crippen LogP contribution in [0.25, 0.3) is 6.08 Å². The summed E-state index contributed by atoms with van der Waals surface area (Å²) in [6.07, 6.45) is 1.59. The number of halogens is 2. The summed E-state index contributed by atoms with van der Waals surface area (Å²) in [7, 11) is 0. The van der Waals surface area contributed by atoms with Gasteiger partial charge >= 0.3 is 0 Å². The number of ether oxygens (including phenoxy) is 2. The molecular formula is C23H18Cl2N2O4S. The summed E-state index contributed by atoms with van der Waals surface area (Å²) in [5, 5.41) is 4.17. The topological polar surface area (TPSA) is 63.9 Å². The summed E-state index contributed by atoms with van der Waals surface area (Å²) in [5.74, 6) is 1.75. The molecule has 9 heteroatoms. The van der Waals surface area contributed by atoms with E-state index in [9.17, 15) is 4.79 Å². The van der Waals surface area contributed by atoms with Crippen molar-refractivity contribution in [1.29, 1.82) is 0 Å². The van der Waals surface area contributed by atoms with Gasteiger partial charge in [0.1, 0.15) is 35.3 Å². The van der Waals surface area contributed by atoms with Crippen LogP contribution in [-0.2, 0) is 11.4 Å². The van der Waals surface area contributed by atoms with E-state index in [4.69, 9.17) is 49.3 Å². The van der Waals surface area contributed by atoms with E-state index < -0.39 is 0 Å². The molecule has 0 radical (unpaired) electrons. The number of furan rings is 1. The van der Waals surface area contributed by atoms with E-state index in [2.05, 4.69) is 5.32 Å². The Morgan fingerprint density at radius 3 is 2.72 bits per heavy atom. The van der Waals surface area contributed by atoms with Crippen molar-refractivity contribution in [3.63, 3.8) is 0 Å². The SMILES string of the molecule is CCOc1ccccc1N1C(=O)/C(=C\c2ccc(COc3cc(Cl)ccc3Cl)o2)NC1=S. The predicted octanol–water partition coefficient (Wildman–Crippen LogP) is 5.83. The number of nitrogens with one attached hydrogen (secondary N) is 1. The maximum atomic E-state index is 13.0. The first-order chi connectivity index (χ1) is 15.5. The molecule has 164 valence electrons. The molecule has 0 bridgehead atoms. The quantitative estimate of drug-likeness (QED) is 0.333. The Kier molecular flexibility index (Phi) is 6.69. The third kappa shape index (κ3) is 4.75. The van der Waals surface area contributed by atoms with Crippen molar-refractivity contribution < 1.29 is 18.7 Å². The van der Waals surface area contributed by atoms with E-state index in [1.807, 2.05) is 19.1 Å². The fourth-order valence-corrected chi connectivity index (χ4v) is 3.73. The Morgan fingerprint density at radius 2 is 1.91 bits per heavy atom. The highest BCUT2D eigenvalue weighted by atomic mass is 35.5. The molecule has 3 aromatic rings. The number of amides is 1. The number of benzene rings is 2. The van der Waals surface area contributed by atoms with Crippen LogP contribution >= 0.6 is 35.4 Å². The van der Waals surface area contributed by atoms with Crippen molar-refractivity contribution in [2.45, 2.75) is 13.5 Å². The van der Waals surface area contributed by atoms with Crippen LogP contribution in [0.3, 0.4) is 0 Å². The minimum absolute atomic E-state index is 0.150. The number of nitrogens with zero attached hydrogens (tertiary/aromatic N) is 1. The van der Waals surface area contributed by atoms with Crippen LogP contribution in [0.2, 0.25) is 10.0 Å². The third-order valence-corrected chi connectivity index (χ3v) is 5.35. The summed E-state index contributed by atoms with van der Waals surface area (Å²) >= 11 is 17.5. The van der Waals surface area contributed by atoms with E-state index in [1.54, 1.807) is 48.5 Å². The maximum absolute atomic E-state index is 13.0. The lowest BCUT2D eigenvalue weighted by Crippen LogP contribution is -2.30. The van der Waals surface area contributed by atoms with Gasteiger partial charge in [0, 0.05) is 17.2 Å². The molecule has 2 aromatic carbocycles. The minimum Gasteiger partial charge on any atom is -0.492 e. The molecule has 0 saturated carbocycles. The molecule has 0 atom stereocenters. The maximum Gasteiger partial charge on any atom is 0.281 e. The highest BCUT2D eigenvalue weighted by Crippen LogP contribution is 2.32. The van der Waals surface area contributed by atoms with Crippen LogP contribution in [0, 0.1) is 0 Å². The molecule has 1 N–H and O–H groups in total. The molecule has 1 aromatic heterocycles. The highest BCUT2D eigenvalue weighted by molar-refractivity contribution is 7.80. The number of rotatable bonds is 7. The van der Waals surface area contributed by atoms with Crippen molar-refractivity contribution in [1.82, 2.24) is 5.32 Å². The number of para-hydroxylation sites is 2. The molecule has 1 amide bonds. The third-order valence-electron chi connectivity index (χ3n) is 4.52. The van der Waals surface area contributed by atoms with Crippen molar-refractivity contribution in [2.75, 3.05) is 11.5 Å². The second kappa shape index (κ2) is 9.65. The Hall–Kier alpha value is -3.00. The number of carbonyl (C=O) groups excluding carboxylic acids is 1. The molecule has 0 aliphatic carbocycles. The molecule has 1 saturated heterocycles. The smallest absolute Gasteiger partial charge is 0.281 e. The highest BCUT2D eigenvalue weighted by Gasteiger charge is 2.34. The first-order valence-corrected chi connectivity index (χ1v) is 10.9. The zero-order valence-electron chi connectivity index (χ0n) is 16.9. The van der Waals surface area contributed by atoms with Gasteiger partial charge in [0.25, 0.3) is 5.91 Å². The lowest BCUT2D eigenvalue weighted by atomic mass is 10.2. The van der Waals surface area contributed by atoms with Crippen LogP contribution in [0.5, 0.6) is 11.5 Å². The first-order valence-electron chi connectivity index (χ1n) is 9.71. The number of carbonyl (C=O) groups is 1. The van der Waals surface area contributed by atoms with E-state index in [0.717, 1.165) is 0 Å². The molecule has 1 aliphatic rings. The number of thiocarbonyl (C=S) groups is 1. The molecule has 1 fully saturated rings. The number of hydrogen-bond donors (Lipinski definition) is 1. The van der Waals surface area contributed by atoms with E-state index in [-0.39, 0.29) is 17.6 Å². The Bertz CT molecular complexity index is 1210. The molecule has 1 aliphatic heterocycles. The fraction of sp³-hybridized carbons (Fsp3) is 0.130. The molecule has 32 heavy (non-hydrogen) atoms. The van der Waals surface area contributed by atoms with Crippen LogP contribution in [0.15, 0.2) is 64.7 Å². The zero-order valence-corrected chi connectivity index (χ0v) is 19.3. The number of anilines is 1. The standard InChI is InChI=1S/C23H18Cl2N2O4S/c1-2-29-20-6-4-3-5-19(20)27-22(28)18(26-23(27)32)12-15-8-9-16(31-15)13-30-21-11-14(24)7-10-17(21)25/h3-12H,2,13H2,1H3,(H,26,32)/b18-12+. The monoisotopic (exact) mass is 488 g/mol. The molecular weight excluding hydrogens is 471 g/mol. The summed E-state index contributed by atoms with van der Waals surface area (Å²) in [6, 6.07) is 15.7. The van der Waals surface area contributed by atoms with E-state index in [0.29, 0.717) is 51.1 Å². The largest absolute Gasteiger partial charge is 0.492 e. The lowest BCUT2D eigenvalue weighted by molar-refractivity contribution is -0.113. The molecule has 6 nitrogen and oxygen atoms in total. The van der Waals surface area contributed by atoms with Gasteiger partial charge in [0.2, 0.25) is 0 Å². The summed E-state index contributed by atoms with van der Waals surface area (Å²) in [4.78, 5) is 14.4. The van der Waals surface area contributed by atoms with E-state index in [1.165, 1.54) is 4.90 Å². The second-order valence-electron chi connectivity index (χ2n) is 6.70. The molecule has 0 spiro atoms. The Morgan fingerprint density at radius 1 is 1.09 bits per heavy atom. The van der Waals surface area contributed by atoms with Crippen LogP contribution < -0.4 is 19.7 Å². The zero-order chi connectivity index (χ0) is 22.7. The van der Waals surface area contributed by atoms with Gasteiger partial charge in [-0.2, -0.15) is 0 Å². The van der Waals surface area contributed by atoms with Gasteiger partial charge in [-0.3, -0.25) is 4.79 Å². The molecule has 0 unspecified atom stereocenters. The van der Waals surface area contributed by atoms with Gasteiger partial charge in [0.15, 0.2) is 5.11 Å². The lowest BCUT2D eigenvalue weighted by Gasteiger charge is -2.17. The van der Waals surface area contributed by atoms with Crippen LogP contribution in [0.4, 0.5) is 5.69 Å². The number of hydrogen-bond acceptors (Lipinski definition) is 5.